The molecule has 1 heterocycles. The number of aromatic hydroxyl groups is 1. The summed E-state index contributed by atoms with van der Waals surface area (Å²) >= 11 is 0. The van der Waals surface area contributed by atoms with E-state index in [9.17, 15) is 28.7 Å². The molecule has 0 fully saturated rings. The number of aromatic amines is 1. The molecule has 1 atom stereocenters. The van der Waals surface area contributed by atoms with Crippen LogP contribution in [0.2, 0.25) is 0 Å². The molecule has 0 aliphatic carbocycles. The molecule has 0 aliphatic heterocycles. The van der Waals surface area contributed by atoms with Crippen LogP contribution in [0.4, 0.5) is 17.1 Å². The third kappa shape index (κ3) is 5.59. The van der Waals surface area contributed by atoms with E-state index in [1.54, 1.807) is 18.2 Å². The van der Waals surface area contributed by atoms with Crippen LogP contribution in [0, 0.1) is 5.21 Å². The summed E-state index contributed by atoms with van der Waals surface area (Å²) in [6.45, 7) is 1.56. The number of H-pyrrole nitrogens is 1. The summed E-state index contributed by atoms with van der Waals surface area (Å²) in [5, 5.41) is 37.2. The summed E-state index contributed by atoms with van der Waals surface area (Å²) in [5.74, 6) is -0.834. The van der Waals surface area contributed by atoms with E-state index in [4.69, 9.17) is 4.74 Å². The molecule has 13 heteroatoms. The molecule has 3 aromatic carbocycles. The van der Waals surface area contributed by atoms with Gasteiger partial charge < -0.3 is 20.0 Å². The van der Waals surface area contributed by atoms with Crippen LogP contribution in [-0.2, 0) is 14.8 Å². The average molecular weight is 526 g/mol. The van der Waals surface area contributed by atoms with Crippen LogP contribution in [0.15, 0.2) is 87.9 Å². The quantitative estimate of drug-likeness (QED) is 0.192. The van der Waals surface area contributed by atoms with E-state index in [-0.39, 0.29) is 27.3 Å². The molecule has 1 amide bonds. The molecule has 4 rings (SSSR count). The first-order valence-corrected chi connectivity index (χ1v) is 12.5. The number of ether oxygens (including phenoxy) is 1. The molecule has 0 saturated carbocycles. The van der Waals surface area contributed by atoms with Crippen LogP contribution >= 0.6 is 0 Å². The maximum absolute atomic E-state index is 13.5. The Labute approximate surface area is 211 Å². The van der Waals surface area contributed by atoms with Crippen LogP contribution in [0.3, 0.4) is 0 Å². The van der Waals surface area contributed by atoms with Crippen LogP contribution in [0.5, 0.6) is 11.6 Å². The Morgan fingerprint density at radius 2 is 1.81 bits per heavy atom. The Hall–Kier alpha value is -4.30. The Morgan fingerprint density at radius 1 is 1.11 bits per heavy atom. The summed E-state index contributed by atoms with van der Waals surface area (Å²) in [7, 11) is -4.18. The fourth-order valence-electron chi connectivity index (χ4n) is 3.57. The molecule has 0 spiro atoms. The number of rotatable bonds is 9. The van der Waals surface area contributed by atoms with E-state index >= 15 is 0 Å². The predicted molar refractivity (Wildman–Crippen MR) is 134 cm³/mol. The maximum Gasteiger partial charge on any atom is 0.285 e. The lowest BCUT2D eigenvalue weighted by molar-refractivity contribution is -0.991. The standard InChI is InChI=1S/C24H23N5O7S/c1-2-36-18-9-11-19(12-10-18)37(34,35)28(16-6-4-3-5-7-16)15-22(30)26-27-23-20-14-17(29(32)33)8-13-21(20)25-24(23)31/h3-14,25,29,31-32H,2,15H2,1H3. The first-order valence-electron chi connectivity index (χ1n) is 11.0. The van der Waals surface area contributed by atoms with Gasteiger partial charge in [-0.2, -0.15) is 5.23 Å². The number of fused-ring (bicyclic) bond motifs is 1. The zero-order valence-corrected chi connectivity index (χ0v) is 20.3. The Kier molecular flexibility index (Phi) is 7.50. The number of aromatic nitrogens is 1. The molecule has 0 bridgehead atoms. The minimum absolute atomic E-state index is 0.0500. The van der Waals surface area contributed by atoms with Crippen LogP contribution in [0.1, 0.15) is 6.92 Å². The molecule has 4 aromatic rings. The van der Waals surface area contributed by atoms with Gasteiger partial charge in [-0.3, -0.25) is 9.10 Å². The van der Waals surface area contributed by atoms with E-state index in [0.717, 1.165) is 4.31 Å². The van der Waals surface area contributed by atoms with E-state index in [1.165, 1.54) is 54.6 Å². The van der Waals surface area contributed by atoms with E-state index in [1.807, 2.05) is 6.92 Å². The number of sulfonamides is 1. The Balaban J connectivity index is 1.64. The number of hydrogen-bond donors (Lipinski definition) is 4. The van der Waals surface area contributed by atoms with E-state index in [0.29, 0.717) is 17.9 Å². The smallest absolute Gasteiger partial charge is 0.285 e. The number of carbonyl (C=O) groups is 1. The summed E-state index contributed by atoms with van der Waals surface area (Å²) in [4.78, 5) is 15.4. The number of nitrogens with one attached hydrogen (secondary N) is 2. The second-order valence-corrected chi connectivity index (χ2v) is 9.60. The van der Waals surface area contributed by atoms with Gasteiger partial charge in [0.15, 0.2) is 11.4 Å². The predicted octanol–water partition coefficient (Wildman–Crippen LogP) is 3.18. The lowest BCUT2D eigenvalue weighted by Gasteiger charge is -2.23. The molecule has 37 heavy (non-hydrogen) atoms. The zero-order chi connectivity index (χ0) is 26.6. The highest BCUT2D eigenvalue weighted by atomic mass is 32.2. The largest absolute Gasteiger partial charge is 0.595 e. The monoisotopic (exact) mass is 525 g/mol. The van der Waals surface area contributed by atoms with Gasteiger partial charge >= 0.3 is 0 Å². The molecule has 0 radical (unpaired) electrons. The summed E-state index contributed by atoms with van der Waals surface area (Å²) in [6.07, 6.45) is 0. The van der Waals surface area contributed by atoms with Gasteiger partial charge in [-0.1, -0.05) is 18.2 Å². The molecule has 12 nitrogen and oxygen atoms in total. The first kappa shape index (κ1) is 25.8. The van der Waals surface area contributed by atoms with Gasteiger partial charge in [0, 0.05) is 17.5 Å². The van der Waals surface area contributed by atoms with E-state index < -0.39 is 33.6 Å². The van der Waals surface area contributed by atoms with Gasteiger partial charge in [-0.25, -0.2) is 13.6 Å². The number of azo groups is 1. The second-order valence-electron chi connectivity index (χ2n) is 7.73. The lowest BCUT2D eigenvalue weighted by Crippen LogP contribution is -2.99. The van der Waals surface area contributed by atoms with Crippen LogP contribution in [-0.4, -0.2) is 42.8 Å². The van der Waals surface area contributed by atoms with Crippen molar-refractivity contribution in [2.75, 3.05) is 17.5 Å². The second kappa shape index (κ2) is 10.8. The molecular formula is C24H23N5O7S. The number of benzene rings is 3. The SMILES string of the molecule is CCOc1ccc(S(=O)(=O)N(CC(=O)N=Nc2c(O)[nH]c3ccc([NH+]([O-])O)cc23)c2ccccc2)cc1. The molecule has 4 N–H and O–H groups in total. The van der Waals surface area contributed by atoms with Crippen molar-refractivity contribution in [3.05, 3.63) is 78.0 Å². The number of amides is 1. The minimum atomic E-state index is -4.18. The molecule has 0 aliphatic rings. The average Bonchev–Trinajstić information content (AvgIpc) is 3.21. The number of quaternary nitrogens is 1. The number of carbonyl (C=O) groups excluding carboxylic acids is 1. The van der Waals surface area contributed by atoms with Crippen molar-refractivity contribution < 1.29 is 33.5 Å². The molecule has 1 unspecified atom stereocenters. The maximum atomic E-state index is 13.5. The number of nitrogens with zero attached hydrogens (tertiary/aromatic N) is 3. The zero-order valence-electron chi connectivity index (χ0n) is 19.5. The van der Waals surface area contributed by atoms with Gasteiger partial charge in [-0.05, 0) is 49.4 Å². The van der Waals surface area contributed by atoms with Crippen molar-refractivity contribution in [1.29, 1.82) is 0 Å². The Morgan fingerprint density at radius 3 is 2.46 bits per heavy atom. The lowest BCUT2D eigenvalue weighted by atomic mass is 10.2. The molecule has 1 aromatic heterocycles. The number of anilines is 1. The van der Waals surface area contributed by atoms with Gasteiger partial charge in [0.1, 0.15) is 12.3 Å². The number of hydrogen-bond acceptors (Lipinski definition) is 8. The number of para-hydroxylation sites is 1. The highest BCUT2D eigenvalue weighted by molar-refractivity contribution is 7.92. The van der Waals surface area contributed by atoms with Crippen molar-refractivity contribution in [3.63, 3.8) is 0 Å². The minimum Gasteiger partial charge on any atom is -0.595 e. The van der Waals surface area contributed by atoms with Crippen molar-refractivity contribution in [2.24, 2.45) is 10.2 Å². The summed E-state index contributed by atoms with van der Waals surface area (Å²) < 4.78 is 33.2. The fourth-order valence-corrected chi connectivity index (χ4v) is 4.98. The highest BCUT2D eigenvalue weighted by Gasteiger charge is 2.27. The normalized spacial score (nSPS) is 12.6. The van der Waals surface area contributed by atoms with Gasteiger partial charge in [0.25, 0.3) is 15.9 Å². The van der Waals surface area contributed by atoms with Crippen molar-refractivity contribution in [2.45, 2.75) is 11.8 Å². The van der Waals surface area contributed by atoms with Crippen LogP contribution < -0.4 is 14.3 Å². The summed E-state index contributed by atoms with van der Waals surface area (Å²) in [6, 6.07) is 17.9. The van der Waals surface area contributed by atoms with Crippen LogP contribution in [0.25, 0.3) is 10.9 Å². The topological polar surface area (TPSA) is 172 Å². The molecular weight excluding hydrogens is 502 g/mol. The van der Waals surface area contributed by atoms with Crippen molar-refractivity contribution in [1.82, 2.24) is 4.98 Å². The van der Waals surface area contributed by atoms with Gasteiger partial charge in [0.2, 0.25) is 5.88 Å². The van der Waals surface area contributed by atoms with Crippen molar-refractivity contribution >= 4 is 43.9 Å². The van der Waals surface area contributed by atoms with Crippen molar-refractivity contribution in [3.8, 4) is 11.6 Å². The fraction of sp³-hybridized carbons (Fsp3) is 0.125. The first-order chi connectivity index (χ1) is 17.7. The summed E-state index contributed by atoms with van der Waals surface area (Å²) in [5.41, 5.74) is 0.423. The third-order valence-corrected chi connectivity index (χ3v) is 7.09. The highest BCUT2D eigenvalue weighted by Crippen LogP contribution is 2.36. The van der Waals surface area contributed by atoms with Gasteiger partial charge in [-0.15, -0.1) is 10.2 Å². The molecule has 192 valence electrons. The van der Waals surface area contributed by atoms with Gasteiger partial charge in [0.05, 0.1) is 22.7 Å². The van der Waals surface area contributed by atoms with E-state index in [2.05, 4.69) is 15.2 Å². The molecule has 0 saturated heterocycles. The Bertz CT molecular complexity index is 1540. The third-order valence-electron chi connectivity index (χ3n) is 5.31.